The zero-order valence-corrected chi connectivity index (χ0v) is 12.6. The molecule has 0 unspecified atom stereocenters. The van der Waals surface area contributed by atoms with Crippen molar-refractivity contribution in [3.05, 3.63) is 39.9 Å². The predicted octanol–water partition coefficient (Wildman–Crippen LogP) is 0.484. The minimum absolute atomic E-state index is 0.0248. The van der Waals surface area contributed by atoms with Crippen molar-refractivity contribution in [3.8, 4) is 0 Å². The van der Waals surface area contributed by atoms with Crippen LogP contribution in [0, 0.1) is 10.1 Å². The summed E-state index contributed by atoms with van der Waals surface area (Å²) >= 11 is 1.74. The molecule has 0 N–H and O–H groups in total. The van der Waals surface area contributed by atoms with Crippen molar-refractivity contribution in [1.82, 2.24) is 9.80 Å². The van der Waals surface area contributed by atoms with Gasteiger partial charge in [0.25, 0.3) is 0 Å². The molecular formula is C11H13N3O3Te. The zero-order valence-electron chi connectivity index (χ0n) is 10.3. The number of benzene rings is 1. The van der Waals surface area contributed by atoms with E-state index in [-0.39, 0.29) is 11.6 Å². The van der Waals surface area contributed by atoms with Crippen molar-refractivity contribution >= 4 is 37.2 Å². The van der Waals surface area contributed by atoms with Gasteiger partial charge in [-0.2, -0.15) is 0 Å². The third-order valence-corrected chi connectivity index (χ3v) is 4.12. The van der Waals surface area contributed by atoms with Gasteiger partial charge < -0.3 is 0 Å². The Labute approximate surface area is 118 Å². The fourth-order valence-electron chi connectivity index (χ4n) is 1.31. The van der Waals surface area contributed by atoms with Crippen LogP contribution >= 0.6 is 0 Å². The van der Waals surface area contributed by atoms with Gasteiger partial charge in [0.15, 0.2) is 0 Å². The summed E-state index contributed by atoms with van der Waals surface area (Å²) < 4.78 is 0.800. The van der Waals surface area contributed by atoms with E-state index >= 15 is 0 Å². The van der Waals surface area contributed by atoms with Gasteiger partial charge in [-0.05, 0) is 0 Å². The number of carbonyl (C=O) groups excluding carboxylic acids is 1. The summed E-state index contributed by atoms with van der Waals surface area (Å²) in [5, 5.41) is 10.5. The number of nitro benzene ring substituents is 1. The Morgan fingerprint density at radius 1 is 1.22 bits per heavy atom. The number of nitrogens with zero attached hydrogens (tertiary/aromatic N) is 3. The summed E-state index contributed by atoms with van der Waals surface area (Å²) in [6.45, 7) is 0. The van der Waals surface area contributed by atoms with E-state index in [0.29, 0.717) is 5.56 Å². The molecule has 0 atom stereocenters. The summed E-state index contributed by atoms with van der Waals surface area (Å²) in [7, 11) is 5.36. The van der Waals surface area contributed by atoms with Crippen LogP contribution in [0.5, 0.6) is 0 Å². The van der Waals surface area contributed by atoms with E-state index in [1.807, 2.05) is 19.0 Å². The molecule has 0 aromatic heterocycles. The van der Waals surface area contributed by atoms with Gasteiger partial charge >= 0.3 is 118 Å². The molecule has 0 bridgehead atoms. The van der Waals surface area contributed by atoms with Gasteiger partial charge in [-0.15, -0.1) is 0 Å². The third-order valence-electron chi connectivity index (χ3n) is 2.30. The van der Waals surface area contributed by atoms with E-state index in [1.54, 1.807) is 28.9 Å². The molecule has 0 radical (unpaired) electrons. The summed E-state index contributed by atoms with van der Waals surface area (Å²) in [4.78, 5) is 25.4. The molecule has 18 heavy (non-hydrogen) atoms. The van der Waals surface area contributed by atoms with Crippen LogP contribution in [0.15, 0.2) is 24.3 Å². The van der Waals surface area contributed by atoms with Gasteiger partial charge in [0.1, 0.15) is 0 Å². The summed E-state index contributed by atoms with van der Waals surface area (Å²) in [6, 6.07) is 5.57. The van der Waals surface area contributed by atoms with Crippen LogP contribution in [0.2, 0.25) is 0 Å². The molecule has 96 valence electrons. The number of non-ortho nitro benzene ring substituents is 1. The van der Waals surface area contributed by atoms with E-state index in [0.717, 1.165) is 3.80 Å². The number of carbonyl (C=O) groups is 1. The van der Waals surface area contributed by atoms with E-state index in [9.17, 15) is 14.9 Å². The zero-order chi connectivity index (χ0) is 13.9. The Hall–Kier alpha value is -1.45. The van der Waals surface area contributed by atoms with Gasteiger partial charge in [0.05, 0.1) is 0 Å². The standard InChI is InChI=1S/C11H13N3O3Te/c1-12(2)11(18)13(3)10(15)8-4-6-9(7-5-8)14(16)17/h4-7H,1-3H3. The average molecular weight is 363 g/mol. The van der Waals surface area contributed by atoms with Gasteiger partial charge in [0.2, 0.25) is 0 Å². The molecule has 0 fully saturated rings. The molecule has 1 aromatic carbocycles. The molecule has 0 spiro atoms. The van der Waals surface area contributed by atoms with Crippen molar-refractivity contribution < 1.29 is 9.72 Å². The van der Waals surface area contributed by atoms with Gasteiger partial charge in [-0.1, -0.05) is 0 Å². The molecule has 1 amide bonds. The monoisotopic (exact) mass is 365 g/mol. The van der Waals surface area contributed by atoms with E-state index in [1.165, 1.54) is 29.2 Å². The second-order valence-electron chi connectivity index (χ2n) is 3.85. The van der Waals surface area contributed by atoms with Crippen LogP contribution in [-0.4, -0.2) is 67.4 Å². The predicted molar refractivity (Wildman–Crippen MR) is 69.6 cm³/mol. The minimum atomic E-state index is -0.490. The molecule has 0 saturated heterocycles. The van der Waals surface area contributed by atoms with Crippen LogP contribution in [0.4, 0.5) is 5.69 Å². The Balaban J connectivity index is 2.91. The molecule has 0 aliphatic rings. The fourth-order valence-corrected chi connectivity index (χ4v) is 1.54. The number of hydrogen-bond donors (Lipinski definition) is 0. The Kier molecular flexibility index (Phi) is 4.82. The molecular weight excluding hydrogens is 350 g/mol. The molecule has 1 rings (SSSR count). The molecule has 7 heteroatoms. The van der Waals surface area contributed by atoms with Crippen LogP contribution in [0.25, 0.3) is 0 Å². The van der Waals surface area contributed by atoms with Crippen molar-refractivity contribution in [3.63, 3.8) is 0 Å². The maximum absolute atomic E-state index is 12.1. The SMILES string of the molecule is CN(C)C(=[Te])N(C)C(=O)c1ccc([N+](=O)[O-])cc1. The quantitative estimate of drug-likeness (QED) is 0.444. The number of nitro groups is 1. The first-order valence-corrected chi connectivity index (χ1v) is 6.25. The number of amides is 1. The van der Waals surface area contributed by atoms with E-state index in [2.05, 4.69) is 0 Å². The second-order valence-corrected chi connectivity index (χ2v) is 4.89. The van der Waals surface area contributed by atoms with Crippen molar-refractivity contribution in [2.75, 3.05) is 21.1 Å². The van der Waals surface area contributed by atoms with E-state index in [4.69, 9.17) is 0 Å². The summed E-state index contributed by atoms with van der Waals surface area (Å²) in [5.74, 6) is -0.196. The van der Waals surface area contributed by atoms with Gasteiger partial charge in [-0.3, -0.25) is 0 Å². The van der Waals surface area contributed by atoms with Crippen LogP contribution < -0.4 is 0 Å². The molecule has 0 heterocycles. The molecule has 0 saturated carbocycles. The van der Waals surface area contributed by atoms with E-state index < -0.39 is 4.92 Å². The first-order chi connectivity index (χ1) is 8.34. The topological polar surface area (TPSA) is 66.7 Å². The Morgan fingerprint density at radius 3 is 2.11 bits per heavy atom. The van der Waals surface area contributed by atoms with Gasteiger partial charge in [0, 0.05) is 0 Å². The van der Waals surface area contributed by atoms with Crippen LogP contribution in [0.1, 0.15) is 10.4 Å². The maximum atomic E-state index is 12.1. The average Bonchev–Trinajstić information content (AvgIpc) is 2.36. The van der Waals surface area contributed by atoms with Gasteiger partial charge in [-0.25, -0.2) is 0 Å². The van der Waals surface area contributed by atoms with Crippen LogP contribution in [-0.2, 0) is 0 Å². The summed E-state index contributed by atoms with van der Waals surface area (Å²) in [6.07, 6.45) is 0. The molecule has 1 aromatic rings. The number of rotatable bonds is 4. The Morgan fingerprint density at radius 2 is 1.72 bits per heavy atom. The van der Waals surface area contributed by atoms with Crippen LogP contribution in [0.3, 0.4) is 0 Å². The number of hydrogen-bond acceptors (Lipinski definition) is 4. The second kappa shape index (κ2) is 5.94. The summed E-state index contributed by atoms with van der Waals surface area (Å²) in [5.41, 5.74) is 0.397. The molecule has 0 aliphatic carbocycles. The Bertz CT molecular complexity index is 485. The van der Waals surface area contributed by atoms with Crippen molar-refractivity contribution in [2.45, 2.75) is 0 Å². The molecule has 0 aliphatic heterocycles. The fraction of sp³-hybridized carbons (Fsp3) is 0.273. The van der Waals surface area contributed by atoms with Crippen molar-refractivity contribution in [1.29, 1.82) is 0 Å². The van der Waals surface area contributed by atoms with Crippen molar-refractivity contribution in [2.24, 2.45) is 0 Å². The first-order valence-electron chi connectivity index (χ1n) is 5.08. The normalized spacial score (nSPS) is 9.72. The first kappa shape index (κ1) is 14.6. The molecule has 6 nitrogen and oxygen atoms in total. The third kappa shape index (κ3) is 3.28.